The highest BCUT2D eigenvalue weighted by Crippen LogP contribution is 2.15. The average molecular weight is 375 g/mol. The molecule has 0 bridgehead atoms. The van der Waals surface area contributed by atoms with Crippen LogP contribution in [-0.2, 0) is 6.54 Å². The Hall–Kier alpha value is -1.75. The molecule has 1 fully saturated rings. The molecule has 0 unspecified atom stereocenters. The second-order valence-electron chi connectivity index (χ2n) is 7.30. The summed E-state index contributed by atoms with van der Waals surface area (Å²) >= 11 is 0. The Balaban J connectivity index is 1.87. The zero-order valence-electron chi connectivity index (χ0n) is 17.5. The predicted octanol–water partition coefficient (Wildman–Crippen LogP) is 3.80. The van der Waals surface area contributed by atoms with Gasteiger partial charge in [0.15, 0.2) is 5.96 Å². The molecule has 0 spiro atoms. The second-order valence-corrected chi connectivity index (χ2v) is 7.30. The average Bonchev–Trinajstić information content (AvgIpc) is 2.69. The smallest absolute Gasteiger partial charge is 0.191 e. The molecule has 2 rings (SSSR count). The van der Waals surface area contributed by atoms with E-state index in [9.17, 15) is 0 Å². The highest BCUT2D eigenvalue weighted by molar-refractivity contribution is 5.80. The van der Waals surface area contributed by atoms with E-state index >= 15 is 0 Å². The van der Waals surface area contributed by atoms with E-state index in [-0.39, 0.29) is 0 Å². The van der Waals surface area contributed by atoms with Crippen LogP contribution in [0.2, 0.25) is 0 Å². The highest BCUT2D eigenvalue weighted by atomic mass is 16.5. The van der Waals surface area contributed by atoms with E-state index in [0.717, 1.165) is 37.7 Å². The van der Waals surface area contributed by atoms with Gasteiger partial charge in [-0.1, -0.05) is 32.4 Å². The summed E-state index contributed by atoms with van der Waals surface area (Å²) in [5.74, 6) is 1.86. The van der Waals surface area contributed by atoms with Crippen molar-refractivity contribution in [3.63, 3.8) is 0 Å². The summed E-state index contributed by atoms with van der Waals surface area (Å²) < 4.78 is 5.81. The van der Waals surface area contributed by atoms with Crippen LogP contribution in [0.1, 0.15) is 58.4 Å². The third kappa shape index (κ3) is 8.21. The lowest BCUT2D eigenvalue weighted by Gasteiger charge is -2.32. The van der Waals surface area contributed by atoms with Gasteiger partial charge in [-0.05, 0) is 56.8 Å². The minimum absolute atomic E-state index is 0.514. The molecule has 5 nitrogen and oxygen atoms in total. The van der Waals surface area contributed by atoms with E-state index in [2.05, 4.69) is 54.5 Å². The minimum atomic E-state index is 0.514. The van der Waals surface area contributed by atoms with Crippen molar-refractivity contribution in [1.29, 1.82) is 0 Å². The van der Waals surface area contributed by atoms with Crippen molar-refractivity contribution < 1.29 is 4.74 Å². The van der Waals surface area contributed by atoms with Gasteiger partial charge in [0, 0.05) is 25.7 Å². The van der Waals surface area contributed by atoms with E-state index < -0.39 is 0 Å². The lowest BCUT2D eigenvalue weighted by molar-refractivity contribution is 0.206. The Morgan fingerprint density at radius 1 is 1.19 bits per heavy atom. The molecule has 1 aromatic rings. The summed E-state index contributed by atoms with van der Waals surface area (Å²) in [6.45, 7) is 12.5. The molecule has 1 aromatic carbocycles. The summed E-state index contributed by atoms with van der Waals surface area (Å²) in [7, 11) is 0. The second kappa shape index (κ2) is 12.6. The molecule has 5 heteroatoms. The maximum absolute atomic E-state index is 5.81. The summed E-state index contributed by atoms with van der Waals surface area (Å²) in [6, 6.07) is 8.81. The maximum Gasteiger partial charge on any atom is 0.191 e. The first-order chi connectivity index (χ1) is 13.2. The highest BCUT2D eigenvalue weighted by Gasteiger charge is 2.19. The van der Waals surface area contributed by atoms with Crippen LogP contribution in [0.15, 0.2) is 29.3 Å². The first kappa shape index (κ1) is 21.5. The summed E-state index contributed by atoms with van der Waals surface area (Å²) in [5.41, 5.74) is 1.18. The van der Waals surface area contributed by atoms with Gasteiger partial charge < -0.3 is 20.3 Å². The van der Waals surface area contributed by atoms with Gasteiger partial charge in [-0.15, -0.1) is 0 Å². The molecule has 1 heterocycles. The van der Waals surface area contributed by atoms with E-state index in [1.165, 1.54) is 44.5 Å². The van der Waals surface area contributed by atoms with Gasteiger partial charge in [0.25, 0.3) is 0 Å². The summed E-state index contributed by atoms with van der Waals surface area (Å²) in [6.07, 6.45) is 5.85. The fourth-order valence-electron chi connectivity index (χ4n) is 3.37. The number of rotatable bonds is 10. The van der Waals surface area contributed by atoms with Crippen LogP contribution in [0.25, 0.3) is 0 Å². The lowest BCUT2D eigenvalue weighted by Crippen LogP contribution is -2.48. The zero-order chi connectivity index (χ0) is 19.3. The van der Waals surface area contributed by atoms with Gasteiger partial charge in [0.05, 0.1) is 13.2 Å². The van der Waals surface area contributed by atoms with E-state index in [4.69, 9.17) is 9.73 Å². The quantitative estimate of drug-likeness (QED) is 0.372. The van der Waals surface area contributed by atoms with Crippen molar-refractivity contribution in [3.8, 4) is 5.75 Å². The summed E-state index contributed by atoms with van der Waals surface area (Å²) in [4.78, 5) is 7.36. The number of benzene rings is 1. The van der Waals surface area contributed by atoms with Crippen molar-refractivity contribution in [2.75, 3.05) is 32.8 Å². The Morgan fingerprint density at radius 3 is 2.70 bits per heavy atom. The van der Waals surface area contributed by atoms with E-state index in [0.29, 0.717) is 12.6 Å². The SMILES string of the molecule is CCCCOc1cccc(CN=C(NCC)NC2CCN(CCC)CC2)c1. The first-order valence-corrected chi connectivity index (χ1v) is 10.7. The number of ether oxygens (including phenoxy) is 1. The number of aliphatic imine (C=N–C) groups is 1. The third-order valence-electron chi connectivity index (χ3n) is 4.90. The Bertz CT molecular complexity index is 553. The number of piperidine rings is 1. The number of nitrogens with one attached hydrogen (secondary N) is 2. The van der Waals surface area contributed by atoms with Crippen LogP contribution in [0.5, 0.6) is 5.75 Å². The number of hydrogen-bond donors (Lipinski definition) is 2. The fraction of sp³-hybridized carbons (Fsp3) is 0.682. The van der Waals surface area contributed by atoms with Crippen LogP contribution in [0.4, 0.5) is 0 Å². The van der Waals surface area contributed by atoms with Crippen LogP contribution in [0.3, 0.4) is 0 Å². The monoisotopic (exact) mass is 374 g/mol. The maximum atomic E-state index is 5.81. The van der Waals surface area contributed by atoms with Crippen LogP contribution >= 0.6 is 0 Å². The van der Waals surface area contributed by atoms with Crippen molar-refractivity contribution in [1.82, 2.24) is 15.5 Å². The van der Waals surface area contributed by atoms with Gasteiger partial charge in [-0.25, -0.2) is 4.99 Å². The standard InChI is InChI=1S/C22H38N4O/c1-4-7-16-27-21-10-8-9-19(17-21)18-24-22(23-6-3)25-20-11-14-26(13-5-2)15-12-20/h8-10,17,20H,4-7,11-16,18H2,1-3H3,(H2,23,24,25). The molecular formula is C22H38N4O. The van der Waals surface area contributed by atoms with Crippen molar-refractivity contribution in [2.45, 2.75) is 65.5 Å². The Morgan fingerprint density at radius 2 is 2.00 bits per heavy atom. The van der Waals surface area contributed by atoms with Gasteiger partial charge in [-0.2, -0.15) is 0 Å². The minimum Gasteiger partial charge on any atom is -0.494 e. The first-order valence-electron chi connectivity index (χ1n) is 10.7. The van der Waals surface area contributed by atoms with Crippen molar-refractivity contribution in [3.05, 3.63) is 29.8 Å². The molecule has 1 aliphatic heterocycles. The third-order valence-corrected chi connectivity index (χ3v) is 4.90. The number of hydrogen-bond acceptors (Lipinski definition) is 3. The number of likely N-dealkylation sites (tertiary alicyclic amines) is 1. The molecule has 1 saturated heterocycles. The van der Waals surface area contributed by atoms with Gasteiger partial charge in [0.1, 0.15) is 5.75 Å². The normalized spacial score (nSPS) is 16.3. The molecule has 0 atom stereocenters. The van der Waals surface area contributed by atoms with Crippen molar-refractivity contribution in [2.24, 2.45) is 4.99 Å². The van der Waals surface area contributed by atoms with Gasteiger partial charge in [0.2, 0.25) is 0 Å². The molecule has 0 aromatic heterocycles. The van der Waals surface area contributed by atoms with E-state index in [1.807, 2.05) is 6.07 Å². The van der Waals surface area contributed by atoms with Crippen molar-refractivity contribution >= 4 is 5.96 Å². The molecule has 0 aliphatic carbocycles. The van der Waals surface area contributed by atoms with Crippen LogP contribution in [-0.4, -0.2) is 49.7 Å². The number of guanidine groups is 1. The summed E-state index contributed by atoms with van der Waals surface area (Å²) in [5, 5.41) is 7.01. The number of nitrogens with zero attached hydrogens (tertiary/aromatic N) is 2. The molecule has 27 heavy (non-hydrogen) atoms. The van der Waals surface area contributed by atoms with Crippen LogP contribution < -0.4 is 15.4 Å². The Labute approximate surface area is 165 Å². The van der Waals surface area contributed by atoms with Gasteiger partial charge >= 0.3 is 0 Å². The topological polar surface area (TPSA) is 48.9 Å². The molecule has 2 N–H and O–H groups in total. The molecule has 0 saturated carbocycles. The molecular weight excluding hydrogens is 336 g/mol. The molecule has 1 aliphatic rings. The molecule has 0 amide bonds. The zero-order valence-corrected chi connectivity index (χ0v) is 17.5. The molecule has 0 radical (unpaired) electrons. The van der Waals surface area contributed by atoms with E-state index in [1.54, 1.807) is 0 Å². The largest absolute Gasteiger partial charge is 0.494 e. The number of unbranched alkanes of at least 4 members (excludes halogenated alkanes) is 1. The fourth-order valence-corrected chi connectivity index (χ4v) is 3.37. The lowest BCUT2D eigenvalue weighted by atomic mass is 10.1. The van der Waals surface area contributed by atoms with Crippen LogP contribution in [0, 0.1) is 0 Å². The molecule has 152 valence electrons. The predicted molar refractivity (Wildman–Crippen MR) is 115 cm³/mol. The Kier molecular flexibility index (Phi) is 10.1. The van der Waals surface area contributed by atoms with Gasteiger partial charge in [-0.3, -0.25) is 0 Å².